The Hall–Kier alpha value is -2.29. The summed E-state index contributed by atoms with van der Waals surface area (Å²) in [5.41, 5.74) is 2.57. The molecule has 1 atom stereocenters. The van der Waals surface area contributed by atoms with E-state index in [1.807, 2.05) is 50.2 Å². The third-order valence-corrected chi connectivity index (χ3v) is 3.69. The summed E-state index contributed by atoms with van der Waals surface area (Å²) in [5, 5.41) is 0. The molecule has 3 heteroatoms. The van der Waals surface area contributed by atoms with Crippen LogP contribution in [-0.4, -0.2) is 20.0 Å². The van der Waals surface area contributed by atoms with Crippen molar-refractivity contribution in [1.29, 1.82) is 0 Å². The molecule has 0 aliphatic heterocycles. The van der Waals surface area contributed by atoms with Crippen LogP contribution in [0.5, 0.6) is 11.5 Å². The molecule has 2 aromatic rings. The minimum absolute atomic E-state index is 0.0830. The van der Waals surface area contributed by atoms with E-state index in [4.69, 9.17) is 9.47 Å². The molecule has 0 N–H and O–H groups in total. The Bertz CT molecular complexity index is 632. The minimum Gasteiger partial charge on any atom is -0.493 e. The molecule has 1 unspecified atom stereocenters. The van der Waals surface area contributed by atoms with Crippen molar-refractivity contribution in [3.8, 4) is 11.5 Å². The van der Waals surface area contributed by atoms with E-state index in [2.05, 4.69) is 0 Å². The first kappa shape index (κ1) is 15.1. The van der Waals surface area contributed by atoms with E-state index in [-0.39, 0.29) is 11.7 Å². The Kier molecular flexibility index (Phi) is 4.63. The van der Waals surface area contributed by atoms with Crippen LogP contribution in [0.4, 0.5) is 0 Å². The van der Waals surface area contributed by atoms with Crippen molar-refractivity contribution in [2.24, 2.45) is 0 Å². The number of benzene rings is 2. The van der Waals surface area contributed by atoms with Crippen LogP contribution < -0.4 is 9.47 Å². The normalized spacial score (nSPS) is 11.8. The van der Waals surface area contributed by atoms with E-state index in [9.17, 15) is 4.79 Å². The number of methoxy groups -OCH3 is 2. The molecule has 21 heavy (non-hydrogen) atoms. The monoisotopic (exact) mass is 284 g/mol. The molecule has 0 heterocycles. The highest BCUT2D eigenvalue weighted by Gasteiger charge is 2.21. The number of carbonyl (C=O) groups is 1. The molecular formula is C18H20O3. The first-order valence-corrected chi connectivity index (χ1v) is 6.90. The smallest absolute Gasteiger partial charge is 0.170 e. The Morgan fingerprint density at radius 1 is 1.00 bits per heavy atom. The van der Waals surface area contributed by atoms with E-state index < -0.39 is 0 Å². The maximum absolute atomic E-state index is 12.7. The lowest BCUT2D eigenvalue weighted by molar-refractivity contribution is 0.0965. The summed E-state index contributed by atoms with van der Waals surface area (Å²) >= 11 is 0. The number of aryl methyl sites for hydroxylation is 1. The first-order valence-electron chi connectivity index (χ1n) is 6.90. The summed E-state index contributed by atoms with van der Waals surface area (Å²) in [4.78, 5) is 12.7. The number of hydrogen-bond acceptors (Lipinski definition) is 3. The van der Waals surface area contributed by atoms with Gasteiger partial charge in [0.15, 0.2) is 17.3 Å². The molecule has 0 spiro atoms. The summed E-state index contributed by atoms with van der Waals surface area (Å²) in [5.74, 6) is 1.10. The van der Waals surface area contributed by atoms with Crippen LogP contribution in [0, 0.1) is 6.92 Å². The molecule has 110 valence electrons. The lowest BCUT2D eigenvalue weighted by Gasteiger charge is -2.15. The topological polar surface area (TPSA) is 35.5 Å². The van der Waals surface area contributed by atoms with Crippen molar-refractivity contribution in [2.75, 3.05) is 14.2 Å². The van der Waals surface area contributed by atoms with Crippen LogP contribution in [0.1, 0.15) is 34.3 Å². The van der Waals surface area contributed by atoms with Gasteiger partial charge in [-0.3, -0.25) is 4.79 Å². The van der Waals surface area contributed by atoms with Gasteiger partial charge in [-0.05, 0) is 30.2 Å². The third kappa shape index (κ3) is 3.07. The number of rotatable bonds is 5. The van der Waals surface area contributed by atoms with E-state index >= 15 is 0 Å². The standard InChI is InChI=1S/C18H20O3/c1-12-10-16(20-3)17(21-4)11-15(12)18(19)13(2)14-8-6-5-7-9-14/h5-11,13H,1-4H3. The molecule has 0 saturated carbocycles. The van der Waals surface area contributed by atoms with Gasteiger partial charge < -0.3 is 9.47 Å². The highest BCUT2D eigenvalue weighted by atomic mass is 16.5. The number of carbonyl (C=O) groups excluding carboxylic acids is 1. The fourth-order valence-electron chi connectivity index (χ4n) is 2.37. The molecule has 0 bridgehead atoms. The van der Waals surface area contributed by atoms with Crippen molar-refractivity contribution in [1.82, 2.24) is 0 Å². The molecular weight excluding hydrogens is 264 g/mol. The van der Waals surface area contributed by atoms with Gasteiger partial charge in [0.25, 0.3) is 0 Å². The van der Waals surface area contributed by atoms with Crippen LogP contribution in [0.3, 0.4) is 0 Å². The Labute approximate surface area is 125 Å². The lowest BCUT2D eigenvalue weighted by atomic mass is 9.90. The second-order valence-electron chi connectivity index (χ2n) is 5.02. The predicted molar refractivity (Wildman–Crippen MR) is 83.5 cm³/mol. The average molecular weight is 284 g/mol. The molecule has 0 amide bonds. The average Bonchev–Trinajstić information content (AvgIpc) is 2.54. The SMILES string of the molecule is COc1cc(C)c(C(=O)C(C)c2ccccc2)cc1OC. The van der Waals surface area contributed by atoms with E-state index in [1.165, 1.54) is 0 Å². The second-order valence-corrected chi connectivity index (χ2v) is 5.02. The van der Waals surface area contributed by atoms with Crippen LogP contribution in [0.2, 0.25) is 0 Å². The van der Waals surface area contributed by atoms with Crippen LogP contribution in [0.15, 0.2) is 42.5 Å². The van der Waals surface area contributed by atoms with Crippen LogP contribution >= 0.6 is 0 Å². The maximum Gasteiger partial charge on any atom is 0.170 e. The van der Waals surface area contributed by atoms with Crippen molar-refractivity contribution in [3.63, 3.8) is 0 Å². The van der Waals surface area contributed by atoms with Crippen LogP contribution in [0.25, 0.3) is 0 Å². The Morgan fingerprint density at radius 3 is 2.14 bits per heavy atom. The van der Waals surface area contributed by atoms with Gasteiger partial charge in [0.05, 0.1) is 14.2 Å². The molecule has 0 aliphatic carbocycles. The first-order chi connectivity index (χ1) is 10.1. The van der Waals surface area contributed by atoms with Crippen LogP contribution in [-0.2, 0) is 0 Å². The second kappa shape index (κ2) is 6.44. The zero-order chi connectivity index (χ0) is 15.4. The Balaban J connectivity index is 2.39. The van der Waals surface area contributed by atoms with Crippen molar-refractivity contribution < 1.29 is 14.3 Å². The molecule has 3 nitrogen and oxygen atoms in total. The molecule has 0 aliphatic rings. The van der Waals surface area contributed by atoms with E-state index in [0.29, 0.717) is 17.1 Å². The quantitative estimate of drug-likeness (QED) is 0.778. The van der Waals surface area contributed by atoms with Gasteiger partial charge in [-0.2, -0.15) is 0 Å². The number of hydrogen-bond donors (Lipinski definition) is 0. The summed E-state index contributed by atoms with van der Waals surface area (Å²) < 4.78 is 10.6. The molecule has 0 saturated heterocycles. The van der Waals surface area contributed by atoms with Crippen molar-refractivity contribution >= 4 is 5.78 Å². The molecule has 2 rings (SSSR count). The van der Waals surface area contributed by atoms with Gasteiger partial charge in [0, 0.05) is 11.5 Å². The van der Waals surface area contributed by atoms with Crippen molar-refractivity contribution in [3.05, 3.63) is 59.2 Å². The fraction of sp³-hybridized carbons (Fsp3) is 0.278. The highest BCUT2D eigenvalue weighted by Crippen LogP contribution is 2.32. The number of ether oxygens (including phenoxy) is 2. The van der Waals surface area contributed by atoms with E-state index in [0.717, 1.165) is 11.1 Å². The predicted octanol–water partition coefficient (Wildman–Crippen LogP) is 4.00. The summed E-state index contributed by atoms with van der Waals surface area (Å²) in [7, 11) is 3.16. The Morgan fingerprint density at radius 2 is 1.57 bits per heavy atom. The third-order valence-electron chi connectivity index (χ3n) is 3.69. The fourth-order valence-corrected chi connectivity index (χ4v) is 2.37. The van der Waals surface area contributed by atoms with Gasteiger partial charge >= 0.3 is 0 Å². The van der Waals surface area contributed by atoms with Gasteiger partial charge in [-0.1, -0.05) is 37.3 Å². The number of ketones is 1. The zero-order valence-electron chi connectivity index (χ0n) is 12.8. The summed E-state index contributed by atoms with van der Waals surface area (Å²) in [6.45, 7) is 3.83. The van der Waals surface area contributed by atoms with Gasteiger partial charge in [0.1, 0.15) is 0 Å². The minimum atomic E-state index is -0.192. The van der Waals surface area contributed by atoms with E-state index in [1.54, 1.807) is 20.3 Å². The highest BCUT2D eigenvalue weighted by molar-refractivity contribution is 6.02. The molecule has 0 fully saturated rings. The number of Topliss-reactive ketones (excluding diaryl/α,β-unsaturated/α-hetero) is 1. The lowest BCUT2D eigenvalue weighted by Crippen LogP contribution is -2.11. The van der Waals surface area contributed by atoms with Gasteiger partial charge in [-0.15, -0.1) is 0 Å². The zero-order valence-corrected chi connectivity index (χ0v) is 12.8. The van der Waals surface area contributed by atoms with Gasteiger partial charge in [0.2, 0.25) is 0 Å². The maximum atomic E-state index is 12.7. The summed E-state index contributed by atoms with van der Waals surface area (Å²) in [6.07, 6.45) is 0. The van der Waals surface area contributed by atoms with Crippen molar-refractivity contribution in [2.45, 2.75) is 19.8 Å². The van der Waals surface area contributed by atoms with Gasteiger partial charge in [-0.25, -0.2) is 0 Å². The molecule has 0 radical (unpaired) electrons. The largest absolute Gasteiger partial charge is 0.493 e. The summed E-state index contributed by atoms with van der Waals surface area (Å²) in [6, 6.07) is 13.4. The molecule has 2 aromatic carbocycles. The molecule has 0 aromatic heterocycles.